The fraction of sp³-hybridized carbons (Fsp3) is 0.333. The number of rotatable bonds is 11. The Bertz CT molecular complexity index is 1490. The summed E-state index contributed by atoms with van der Waals surface area (Å²) >= 11 is 0. The van der Waals surface area contributed by atoms with Crippen molar-refractivity contribution in [2.75, 3.05) is 39.4 Å². The van der Waals surface area contributed by atoms with E-state index < -0.39 is 9.84 Å². The van der Waals surface area contributed by atoms with Crippen molar-refractivity contribution in [2.45, 2.75) is 30.9 Å². The molecule has 2 aromatic heterocycles. The van der Waals surface area contributed by atoms with E-state index in [0.29, 0.717) is 44.1 Å². The van der Waals surface area contributed by atoms with Gasteiger partial charge in [0.05, 0.1) is 50.2 Å². The van der Waals surface area contributed by atoms with Crippen LogP contribution in [0, 0.1) is 6.92 Å². The molecule has 0 spiro atoms. The molecule has 5 rings (SSSR count). The number of aromatic nitrogens is 2. The first-order valence-electron chi connectivity index (χ1n) is 13.4. The molecule has 0 aliphatic carbocycles. The standard InChI is InChI=1S/C30H34N4O5S/c1-24-9-11-26(12-10-24)23-40(36,37)30-31-20-27(34(30)21-25-6-3-2-4-7-25)22-33(29(35)28-8-5-17-39-28)14-13-32-15-18-38-19-16-32/h2-12,17,20H,13-16,18-19,21-23H2,1H3. The second-order valence-electron chi connectivity index (χ2n) is 10.0. The quantitative estimate of drug-likeness (QED) is 0.274. The lowest BCUT2D eigenvalue weighted by atomic mass is 10.2. The van der Waals surface area contributed by atoms with Crippen LogP contribution in [0.4, 0.5) is 0 Å². The Labute approximate surface area is 234 Å². The average molecular weight is 563 g/mol. The van der Waals surface area contributed by atoms with Gasteiger partial charge < -0.3 is 18.6 Å². The first kappa shape index (κ1) is 27.8. The van der Waals surface area contributed by atoms with Gasteiger partial charge in [-0.25, -0.2) is 13.4 Å². The number of hydrogen-bond donors (Lipinski definition) is 0. The summed E-state index contributed by atoms with van der Waals surface area (Å²) in [7, 11) is -3.78. The number of morpholine rings is 1. The number of furan rings is 1. The number of amides is 1. The van der Waals surface area contributed by atoms with Gasteiger partial charge in [-0.15, -0.1) is 0 Å². The number of aryl methyl sites for hydroxylation is 1. The molecule has 10 heteroatoms. The Kier molecular flexibility index (Phi) is 8.78. The number of nitrogens with zero attached hydrogens (tertiary/aromatic N) is 4. The van der Waals surface area contributed by atoms with Crippen LogP contribution < -0.4 is 0 Å². The van der Waals surface area contributed by atoms with Crippen LogP contribution in [0.5, 0.6) is 0 Å². The van der Waals surface area contributed by atoms with Gasteiger partial charge in [0.15, 0.2) is 5.76 Å². The third-order valence-corrected chi connectivity index (χ3v) is 8.60. The van der Waals surface area contributed by atoms with E-state index in [4.69, 9.17) is 9.15 Å². The van der Waals surface area contributed by atoms with Crippen LogP contribution in [0.1, 0.15) is 32.9 Å². The molecule has 1 saturated heterocycles. The van der Waals surface area contributed by atoms with E-state index in [1.54, 1.807) is 27.8 Å². The van der Waals surface area contributed by atoms with Crippen molar-refractivity contribution in [1.82, 2.24) is 19.4 Å². The van der Waals surface area contributed by atoms with Crippen LogP contribution in [-0.4, -0.2) is 73.1 Å². The number of ether oxygens (including phenoxy) is 1. The number of carbonyl (C=O) groups is 1. The molecule has 0 bridgehead atoms. The van der Waals surface area contributed by atoms with Gasteiger partial charge in [-0.1, -0.05) is 60.2 Å². The Hall–Kier alpha value is -3.73. The Morgan fingerprint density at radius 2 is 1.73 bits per heavy atom. The Morgan fingerprint density at radius 1 is 0.975 bits per heavy atom. The molecule has 2 aromatic carbocycles. The number of sulfone groups is 1. The third kappa shape index (κ3) is 6.88. The predicted molar refractivity (Wildman–Crippen MR) is 151 cm³/mol. The molecule has 1 aliphatic rings. The molecule has 0 saturated carbocycles. The van der Waals surface area contributed by atoms with Gasteiger partial charge in [-0.3, -0.25) is 9.69 Å². The minimum absolute atomic E-state index is 0.00879. The van der Waals surface area contributed by atoms with Gasteiger partial charge in [-0.05, 0) is 30.2 Å². The molecule has 4 aromatic rings. The first-order chi connectivity index (χ1) is 19.4. The molecule has 1 amide bonds. The van der Waals surface area contributed by atoms with Crippen molar-refractivity contribution in [3.05, 3.63) is 107 Å². The summed E-state index contributed by atoms with van der Waals surface area (Å²) in [5, 5.41) is -0.00879. The number of benzene rings is 2. The highest BCUT2D eigenvalue weighted by Gasteiger charge is 2.27. The maximum atomic E-state index is 13.7. The van der Waals surface area contributed by atoms with Gasteiger partial charge in [0.2, 0.25) is 15.0 Å². The minimum atomic E-state index is -3.78. The summed E-state index contributed by atoms with van der Waals surface area (Å²) in [6, 6.07) is 20.4. The second-order valence-corrected chi connectivity index (χ2v) is 11.9. The van der Waals surface area contributed by atoms with Crippen LogP contribution >= 0.6 is 0 Å². The van der Waals surface area contributed by atoms with E-state index in [1.807, 2.05) is 61.5 Å². The minimum Gasteiger partial charge on any atom is -0.459 e. The molecule has 1 aliphatic heterocycles. The van der Waals surface area contributed by atoms with Crippen molar-refractivity contribution < 1.29 is 22.4 Å². The summed E-state index contributed by atoms with van der Waals surface area (Å²) in [6.45, 7) is 6.51. The average Bonchev–Trinajstić information content (AvgIpc) is 3.64. The third-order valence-electron chi connectivity index (χ3n) is 7.00. The molecule has 3 heterocycles. The molecule has 0 radical (unpaired) electrons. The largest absolute Gasteiger partial charge is 0.459 e. The fourth-order valence-electron chi connectivity index (χ4n) is 4.76. The lowest BCUT2D eigenvalue weighted by Crippen LogP contribution is -2.43. The highest BCUT2D eigenvalue weighted by Crippen LogP contribution is 2.21. The van der Waals surface area contributed by atoms with E-state index in [-0.39, 0.29) is 29.1 Å². The Balaban J connectivity index is 1.46. The topological polar surface area (TPSA) is 97.9 Å². The zero-order chi connectivity index (χ0) is 28.0. The molecule has 0 unspecified atom stereocenters. The van der Waals surface area contributed by atoms with E-state index in [0.717, 1.165) is 24.2 Å². The second kappa shape index (κ2) is 12.6. The molecule has 1 fully saturated rings. The first-order valence-corrected chi connectivity index (χ1v) is 15.0. The van der Waals surface area contributed by atoms with E-state index in [9.17, 15) is 13.2 Å². The summed E-state index contributed by atoms with van der Waals surface area (Å²) < 4.78 is 39.9. The molecular weight excluding hydrogens is 528 g/mol. The van der Waals surface area contributed by atoms with Crippen LogP contribution in [0.25, 0.3) is 0 Å². The van der Waals surface area contributed by atoms with E-state index in [2.05, 4.69) is 9.88 Å². The van der Waals surface area contributed by atoms with E-state index >= 15 is 0 Å². The summed E-state index contributed by atoms with van der Waals surface area (Å²) in [5.74, 6) is -0.178. The highest BCUT2D eigenvalue weighted by atomic mass is 32.2. The van der Waals surface area contributed by atoms with Gasteiger partial charge >= 0.3 is 0 Å². The SMILES string of the molecule is Cc1ccc(CS(=O)(=O)c2ncc(CN(CCN3CCOCC3)C(=O)c3ccco3)n2Cc2ccccc2)cc1. The van der Waals surface area contributed by atoms with Crippen molar-refractivity contribution in [3.63, 3.8) is 0 Å². The van der Waals surface area contributed by atoms with Crippen LogP contribution in [0.15, 0.2) is 88.8 Å². The molecule has 210 valence electrons. The normalized spacial score (nSPS) is 14.3. The number of hydrogen-bond acceptors (Lipinski definition) is 7. The number of imidazole rings is 1. The van der Waals surface area contributed by atoms with Crippen LogP contribution in [-0.2, 0) is 33.4 Å². The van der Waals surface area contributed by atoms with Crippen molar-refractivity contribution >= 4 is 15.7 Å². The van der Waals surface area contributed by atoms with Crippen molar-refractivity contribution in [2.24, 2.45) is 0 Å². The monoisotopic (exact) mass is 562 g/mol. The molecule has 0 N–H and O–H groups in total. The zero-order valence-corrected chi connectivity index (χ0v) is 23.4. The van der Waals surface area contributed by atoms with Crippen molar-refractivity contribution in [3.8, 4) is 0 Å². The van der Waals surface area contributed by atoms with Crippen LogP contribution in [0.2, 0.25) is 0 Å². The van der Waals surface area contributed by atoms with E-state index in [1.165, 1.54) is 6.26 Å². The smallest absolute Gasteiger partial charge is 0.289 e. The van der Waals surface area contributed by atoms with Crippen LogP contribution in [0.3, 0.4) is 0 Å². The number of carbonyl (C=O) groups excluding carboxylic acids is 1. The molecular formula is C30H34N4O5S. The van der Waals surface area contributed by atoms with Gasteiger partial charge in [-0.2, -0.15) is 0 Å². The predicted octanol–water partition coefficient (Wildman–Crippen LogP) is 3.78. The lowest BCUT2D eigenvalue weighted by Gasteiger charge is -2.30. The van der Waals surface area contributed by atoms with Gasteiger partial charge in [0, 0.05) is 26.2 Å². The van der Waals surface area contributed by atoms with Gasteiger partial charge in [0.25, 0.3) is 5.91 Å². The lowest BCUT2D eigenvalue weighted by molar-refractivity contribution is 0.0315. The van der Waals surface area contributed by atoms with Gasteiger partial charge in [0.1, 0.15) is 0 Å². The molecule has 9 nitrogen and oxygen atoms in total. The maximum Gasteiger partial charge on any atom is 0.289 e. The highest BCUT2D eigenvalue weighted by molar-refractivity contribution is 7.90. The Morgan fingerprint density at radius 3 is 2.42 bits per heavy atom. The summed E-state index contributed by atoms with van der Waals surface area (Å²) in [6.07, 6.45) is 3.05. The van der Waals surface area contributed by atoms with Crippen molar-refractivity contribution in [1.29, 1.82) is 0 Å². The summed E-state index contributed by atoms with van der Waals surface area (Å²) in [5.41, 5.74) is 3.33. The molecule has 40 heavy (non-hydrogen) atoms. The summed E-state index contributed by atoms with van der Waals surface area (Å²) in [4.78, 5) is 21.8. The molecule has 0 atom stereocenters. The maximum absolute atomic E-state index is 13.7. The zero-order valence-electron chi connectivity index (χ0n) is 22.6. The fourth-order valence-corrected chi connectivity index (χ4v) is 6.25.